The van der Waals surface area contributed by atoms with E-state index < -0.39 is 0 Å². The first kappa shape index (κ1) is 11.2. The summed E-state index contributed by atoms with van der Waals surface area (Å²) < 4.78 is 5.02. The van der Waals surface area contributed by atoms with Crippen LogP contribution in [0.15, 0.2) is 29.4 Å². The fraction of sp³-hybridized carbons (Fsp3) is 0.273. The standard InChI is InChI=1S/C11H14N2O2/c1-3-9(8-14)12-13-10-4-6-11(15-2)7-5-10/h4-8,13H,3H2,1-2H3/b12-9+. The van der Waals surface area contributed by atoms with Crippen molar-refractivity contribution < 1.29 is 9.53 Å². The molecule has 0 radical (unpaired) electrons. The Balaban J connectivity index is 2.65. The zero-order valence-corrected chi connectivity index (χ0v) is 8.86. The predicted molar refractivity (Wildman–Crippen MR) is 60.4 cm³/mol. The molecular weight excluding hydrogens is 192 g/mol. The topological polar surface area (TPSA) is 50.7 Å². The molecule has 0 fully saturated rings. The van der Waals surface area contributed by atoms with Crippen molar-refractivity contribution in [3.05, 3.63) is 24.3 Å². The van der Waals surface area contributed by atoms with Crippen LogP contribution in [0, 0.1) is 0 Å². The van der Waals surface area contributed by atoms with Gasteiger partial charge in [-0.25, -0.2) is 0 Å². The number of hydrogen-bond donors (Lipinski definition) is 1. The van der Waals surface area contributed by atoms with Crippen LogP contribution in [0.25, 0.3) is 0 Å². The van der Waals surface area contributed by atoms with E-state index in [1.807, 2.05) is 31.2 Å². The van der Waals surface area contributed by atoms with E-state index in [0.29, 0.717) is 12.1 Å². The van der Waals surface area contributed by atoms with Gasteiger partial charge in [0.2, 0.25) is 0 Å². The summed E-state index contributed by atoms with van der Waals surface area (Å²) >= 11 is 0. The third kappa shape index (κ3) is 3.42. The quantitative estimate of drug-likeness (QED) is 0.456. The van der Waals surface area contributed by atoms with Gasteiger partial charge < -0.3 is 4.74 Å². The Morgan fingerprint density at radius 1 is 1.47 bits per heavy atom. The maximum absolute atomic E-state index is 10.5. The van der Waals surface area contributed by atoms with Gasteiger partial charge in [-0.3, -0.25) is 10.2 Å². The van der Waals surface area contributed by atoms with E-state index in [-0.39, 0.29) is 0 Å². The van der Waals surface area contributed by atoms with Gasteiger partial charge in [-0.1, -0.05) is 6.92 Å². The van der Waals surface area contributed by atoms with Gasteiger partial charge in [0.05, 0.1) is 12.8 Å². The summed E-state index contributed by atoms with van der Waals surface area (Å²) in [5, 5.41) is 3.94. The van der Waals surface area contributed by atoms with Gasteiger partial charge in [-0.05, 0) is 30.7 Å². The highest BCUT2D eigenvalue weighted by atomic mass is 16.5. The molecule has 0 saturated carbocycles. The number of hydrogen-bond acceptors (Lipinski definition) is 4. The normalized spacial score (nSPS) is 10.9. The van der Waals surface area contributed by atoms with Crippen LogP contribution in [-0.4, -0.2) is 19.1 Å². The maximum atomic E-state index is 10.5. The van der Waals surface area contributed by atoms with Crippen LogP contribution in [-0.2, 0) is 4.79 Å². The maximum Gasteiger partial charge on any atom is 0.166 e. The van der Waals surface area contributed by atoms with Crippen molar-refractivity contribution in [2.24, 2.45) is 5.10 Å². The van der Waals surface area contributed by atoms with E-state index >= 15 is 0 Å². The highest BCUT2D eigenvalue weighted by Gasteiger charge is 1.94. The van der Waals surface area contributed by atoms with Gasteiger partial charge in [-0.15, -0.1) is 0 Å². The summed E-state index contributed by atoms with van der Waals surface area (Å²) in [4.78, 5) is 10.5. The largest absolute Gasteiger partial charge is 0.497 e. The average Bonchev–Trinajstić information content (AvgIpc) is 2.31. The minimum Gasteiger partial charge on any atom is -0.497 e. The molecule has 0 saturated heterocycles. The third-order valence-corrected chi connectivity index (χ3v) is 1.92. The molecule has 0 unspecified atom stereocenters. The second-order valence-electron chi connectivity index (χ2n) is 2.91. The number of rotatable bonds is 5. The Kier molecular flexibility index (Phi) is 4.34. The molecule has 4 nitrogen and oxygen atoms in total. The van der Waals surface area contributed by atoms with Crippen LogP contribution < -0.4 is 10.2 Å². The lowest BCUT2D eigenvalue weighted by Crippen LogP contribution is -2.01. The minimum atomic E-state index is 0.491. The van der Waals surface area contributed by atoms with E-state index in [0.717, 1.165) is 17.7 Å². The molecule has 0 heterocycles. The van der Waals surface area contributed by atoms with E-state index in [1.54, 1.807) is 7.11 Å². The zero-order chi connectivity index (χ0) is 11.1. The molecule has 1 aromatic rings. The van der Waals surface area contributed by atoms with Crippen molar-refractivity contribution >= 4 is 17.7 Å². The molecule has 1 rings (SSSR count). The molecule has 1 aromatic carbocycles. The number of hydrazone groups is 1. The van der Waals surface area contributed by atoms with Crippen LogP contribution in [0.4, 0.5) is 5.69 Å². The Bertz CT molecular complexity index is 344. The highest BCUT2D eigenvalue weighted by Crippen LogP contribution is 2.14. The summed E-state index contributed by atoms with van der Waals surface area (Å²) in [6.07, 6.45) is 1.36. The van der Waals surface area contributed by atoms with E-state index in [2.05, 4.69) is 10.5 Å². The Hall–Kier alpha value is -1.84. The molecule has 0 aliphatic heterocycles. The van der Waals surface area contributed by atoms with Gasteiger partial charge in [0.15, 0.2) is 6.29 Å². The fourth-order valence-corrected chi connectivity index (χ4v) is 0.991. The summed E-state index contributed by atoms with van der Waals surface area (Å²) in [6.45, 7) is 1.88. The Morgan fingerprint density at radius 2 is 2.13 bits per heavy atom. The number of ether oxygens (including phenoxy) is 1. The number of benzene rings is 1. The van der Waals surface area contributed by atoms with Gasteiger partial charge in [0.25, 0.3) is 0 Å². The van der Waals surface area contributed by atoms with Crippen LogP contribution in [0.2, 0.25) is 0 Å². The van der Waals surface area contributed by atoms with Crippen LogP contribution in [0.3, 0.4) is 0 Å². The highest BCUT2D eigenvalue weighted by molar-refractivity contribution is 6.28. The lowest BCUT2D eigenvalue weighted by molar-refractivity contribution is -0.102. The second kappa shape index (κ2) is 5.80. The minimum absolute atomic E-state index is 0.491. The fourth-order valence-electron chi connectivity index (χ4n) is 0.991. The molecule has 4 heteroatoms. The number of nitrogens with one attached hydrogen (secondary N) is 1. The summed E-state index contributed by atoms with van der Waals surface area (Å²) in [5.41, 5.74) is 4.11. The molecular formula is C11H14N2O2. The number of aldehydes is 1. The first-order chi connectivity index (χ1) is 7.30. The Morgan fingerprint density at radius 3 is 2.60 bits per heavy atom. The first-order valence-corrected chi connectivity index (χ1v) is 4.72. The summed E-state index contributed by atoms with van der Waals surface area (Å²) in [6, 6.07) is 7.32. The predicted octanol–water partition coefficient (Wildman–Crippen LogP) is 2.07. The molecule has 0 aliphatic carbocycles. The number of nitrogens with zero attached hydrogens (tertiary/aromatic N) is 1. The summed E-state index contributed by atoms with van der Waals surface area (Å²) in [7, 11) is 1.61. The van der Waals surface area contributed by atoms with E-state index in [9.17, 15) is 4.79 Å². The lowest BCUT2D eigenvalue weighted by atomic mass is 10.3. The molecule has 80 valence electrons. The molecule has 1 N–H and O–H groups in total. The van der Waals surface area contributed by atoms with Gasteiger partial charge in [0, 0.05) is 0 Å². The second-order valence-corrected chi connectivity index (χ2v) is 2.91. The monoisotopic (exact) mass is 206 g/mol. The van der Waals surface area contributed by atoms with Crippen molar-refractivity contribution in [1.29, 1.82) is 0 Å². The van der Waals surface area contributed by atoms with Crippen LogP contribution >= 0.6 is 0 Å². The van der Waals surface area contributed by atoms with Crippen LogP contribution in [0.1, 0.15) is 13.3 Å². The number of carbonyl (C=O) groups excluding carboxylic acids is 1. The van der Waals surface area contributed by atoms with Crippen molar-refractivity contribution in [1.82, 2.24) is 0 Å². The number of carbonyl (C=O) groups is 1. The molecule has 0 amide bonds. The van der Waals surface area contributed by atoms with Gasteiger partial charge in [0.1, 0.15) is 11.5 Å². The van der Waals surface area contributed by atoms with Crippen LogP contribution in [0.5, 0.6) is 5.75 Å². The van der Waals surface area contributed by atoms with Gasteiger partial charge >= 0.3 is 0 Å². The molecule has 0 aromatic heterocycles. The SMILES string of the molecule is CC/C(C=O)=N\Nc1ccc(OC)cc1. The number of anilines is 1. The smallest absolute Gasteiger partial charge is 0.166 e. The average molecular weight is 206 g/mol. The molecule has 0 atom stereocenters. The molecule has 0 aliphatic rings. The third-order valence-electron chi connectivity index (χ3n) is 1.92. The number of methoxy groups -OCH3 is 1. The van der Waals surface area contributed by atoms with Crippen molar-refractivity contribution in [3.8, 4) is 5.75 Å². The Labute approximate surface area is 88.9 Å². The van der Waals surface area contributed by atoms with Crippen molar-refractivity contribution in [2.75, 3.05) is 12.5 Å². The van der Waals surface area contributed by atoms with Gasteiger partial charge in [-0.2, -0.15) is 5.10 Å². The lowest BCUT2D eigenvalue weighted by Gasteiger charge is -2.02. The van der Waals surface area contributed by atoms with E-state index in [4.69, 9.17) is 4.74 Å². The first-order valence-electron chi connectivity index (χ1n) is 4.72. The van der Waals surface area contributed by atoms with Crippen molar-refractivity contribution in [3.63, 3.8) is 0 Å². The summed E-state index contributed by atoms with van der Waals surface area (Å²) in [5.74, 6) is 0.788. The zero-order valence-electron chi connectivity index (χ0n) is 8.86. The molecule has 0 bridgehead atoms. The molecule has 0 spiro atoms. The van der Waals surface area contributed by atoms with Crippen molar-refractivity contribution in [2.45, 2.75) is 13.3 Å². The molecule has 15 heavy (non-hydrogen) atoms. The van der Waals surface area contributed by atoms with E-state index in [1.165, 1.54) is 0 Å².